The molecule has 1 aliphatic heterocycles. The van der Waals surface area contributed by atoms with Crippen LogP contribution in [0.4, 0.5) is 24.8 Å². The van der Waals surface area contributed by atoms with E-state index in [2.05, 4.69) is 25.6 Å². The van der Waals surface area contributed by atoms with Gasteiger partial charge in [-0.15, -0.1) is 0 Å². The molecule has 1 fully saturated rings. The summed E-state index contributed by atoms with van der Waals surface area (Å²) in [7, 11) is 0. The lowest BCUT2D eigenvalue weighted by atomic mass is 9.90. The second-order valence-electron chi connectivity index (χ2n) is 8.85. The summed E-state index contributed by atoms with van der Waals surface area (Å²) < 4.78 is 46.2. The highest BCUT2D eigenvalue weighted by Crippen LogP contribution is 2.31. The van der Waals surface area contributed by atoms with Crippen LogP contribution in [0, 0.1) is 17.5 Å². The maximum absolute atomic E-state index is 15.0. The Kier molecular flexibility index (Phi) is 5.45. The van der Waals surface area contributed by atoms with Crippen LogP contribution in [0.5, 0.6) is 0 Å². The molecule has 0 spiro atoms. The maximum atomic E-state index is 15.0. The number of benzene rings is 2. The van der Waals surface area contributed by atoms with Gasteiger partial charge in [-0.2, -0.15) is 0 Å². The molecular weight excluding hydrogens is 469 g/mol. The van der Waals surface area contributed by atoms with E-state index in [1.165, 1.54) is 18.2 Å². The molecule has 5 aromatic rings. The number of anilines is 2. The summed E-state index contributed by atoms with van der Waals surface area (Å²) in [6, 6.07) is 8.73. The van der Waals surface area contributed by atoms with Crippen molar-refractivity contribution in [3.05, 3.63) is 88.2 Å². The van der Waals surface area contributed by atoms with Gasteiger partial charge in [0, 0.05) is 29.7 Å². The number of fused-ring (bicyclic) bond motifs is 3. The average Bonchev–Trinajstić information content (AvgIpc) is 3.34. The summed E-state index contributed by atoms with van der Waals surface area (Å²) in [4.78, 5) is 23.5. The quantitative estimate of drug-likeness (QED) is 0.335. The first-order chi connectivity index (χ1) is 17.5. The normalized spacial score (nSPS) is 14.5. The molecule has 1 saturated heterocycles. The molecule has 10 heteroatoms. The lowest BCUT2D eigenvalue weighted by molar-refractivity contribution is 0.445. The SMILES string of the molecule is O=c1cc2[nH]ccn2c2cc(-c3nc(Nc4ccc(C5CCNCC5)c(F)c4)ncc3F)cc(F)c12. The van der Waals surface area contributed by atoms with E-state index in [1.54, 1.807) is 28.9 Å². The fourth-order valence-electron chi connectivity index (χ4n) is 4.86. The van der Waals surface area contributed by atoms with E-state index < -0.39 is 17.1 Å². The third kappa shape index (κ3) is 3.89. The van der Waals surface area contributed by atoms with E-state index in [0.717, 1.165) is 38.2 Å². The highest BCUT2D eigenvalue weighted by molar-refractivity contribution is 5.87. The molecule has 3 N–H and O–H groups in total. The van der Waals surface area contributed by atoms with Crippen molar-refractivity contribution in [1.29, 1.82) is 0 Å². The lowest BCUT2D eigenvalue weighted by Crippen LogP contribution is -2.27. The Morgan fingerprint density at radius 2 is 1.83 bits per heavy atom. The van der Waals surface area contributed by atoms with E-state index >= 15 is 0 Å². The van der Waals surface area contributed by atoms with E-state index in [1.807, 2.05) is 0 Å². The highest BCUT2D eigenvalue weighted by Gasteiger charge is 2.20. The van der Waals surface area contributed by atoms with E-state index in [9.17, 15) is 18.0 Å². The minimum absolute atomic E-state index is 0.0259. The lowest BCUT2D eigenvalue weighted by Gasteiger charge is -2.23. The van der Waals surface area contributed by atoms with Gasteiger partial charge in [-0.3, -0.25) is 4.79 Å². The first kappa shape index (κ1) is 22.3. The van der Waals surface area contributed by atoms with Crippen molar-refractivity contribution in [3.8, 4) is 11.3 Å². The van der Waals surface area contributed by atoms with Crippen LogP contribution in [0.1, 0.15) is 24.3 Å². The highest BCUT2D eigenvalue weighted by atomic mass is 19.1. The first-order valence-corrected chi connectivity index (χ1v) is 11.6. The summed E-state index contributed by atoms with van der Waals surface area (Å²) in [5, 5.41) is 6.07. The van der Waals surface area contributed by atoms with Crippen LogP contribution in [0.25, 0.3) is 27.8 Å². The summed E-state index contributed by atoms with van der Waals surface area (Å²) in [6.07, 6.45) is 5.97. The van der Waals surface area contributed by atoms with Gasteiger partial charge in [0.05, 0.1) is 17.1 Å². The predicted molar refractivity (Wildman–Crippen MR) is 131 cm³/mol. The van der Waals surface area contributed by atoms with Crippen molar-refractivity contribution in [2.24, 2.45) is 0 Å². The number of rotatable bonds is 4. The topological polar surface area (TPSA) is 87.1 Å². The molecule has 0 amide bonds. The van der Waals surface area contributed by atoms with Gasteiger partial charge in [-0.1, -0.05) is 6.07 Å². The zero-order valence-corrected chi connectivity index (χ0v) is 19.0. The molecule has 1 aliphatic rings. The minimum atomic E-state index is -0.786. The van der Waals surface area contributed by atoms with Crippen molar-refractivity contribution in [2.45, 2.75) is 18.8 Å². The number of H-pyrrole nitrogens is 1. The smallest absolute Gasteiger partial charge is 0.227 e. The molecule has 0 bridgehead atoms. The largest absolute Gasteiger partial charge is 0.346 e. The predicted octanol–water partition coefficient (Wildman–Crippen LogP) is 4.87. The van der Waals surface area contributed by atoms with Crippen LogP contribution in [0.3, 0.4) is 0 Å². The molecule has 0 unspecified atom stereocenters. The van der Waals surface area contributed by atoms with E-state index in [0.29, 0.717) is 16.9 Å². The zero-order valence-electron chi connectivity index (χ0n) is 19.0. The number of nitrogens with one attached hydrogen (secondary N) is 3. The average molecular weight is 490 g/mol. The summed E-state index contributed by atoms with van der Waals surface area (Å²) in [5.41, 5.74) is 1.32. The minimum Gasteiger partial charge on any atom is -0.346 e. The maximum Gasteiger partial charge on any atom is 0.227 e. The number of imidazole rings is 1. The van der Waals surface area contributed by atoms with Crippen LogP contribution >= 0.6 is 0 Å². The monoisotopic (exact) mass is 490 g/mol. The van der Waals surface area contributed by atoms with E-state index in [-0.39, 0.29) is 39.8 Å². The molecule has 4 heterocycles. The van der Waals surface area contributed by atoms with Crippen molar-refractivity contribution >= 4 is 28.2 Å². The Morgan fingerprint density at radius 3 is 2.64 bits per heavy atom. The van der Waals surface area contributed by atoms with Crippen LogP contribution in [-0.4, -0.2) is 32.4 Å². The second kappa shape index (κ2) is 8.80. The zero-order chi connectivity index (χ0) is 24.8. The molecule has 0 atom stereocenters. The molecule has 0 saturated carbocycles. The number of nitrogens with zero attached hydrogens (tertiary/aromatic N) is 3. The van der Waals surface area contributed by atoms with E-state index in [4.69, 9.17) is 0 Å². The molecule has 182 valence electrons. The van der Waals surface area contributed by atoms with Gasteiger partial charge < -0.3 is 20.0 Å². The van der Waals surface area contributed by atoms with Crippen LogP contribution < -0.4 is 16.1 Å². The second-order valence-corrected chi connectivity index (χ2v) is 8.85. The molecule has 2 aromatic carbocycles. The summed E-state index contributed by atoms with van der Waals surface area (Å²) >= 11 is 0. The number of aromatic nitrogens is 4. The van der Waals surface area contributed by atoms with Crippen molar-refractivity contribution in [1.82, 2.24) is 24.7 Å². The number of halogens is 3. The van der Waals surface area contributed by atoms with Crippen molar-refractivity contribution < 1.29 is 13.2 Å². The third-order valence-corrected chi connectivity index (χ3v) is 6.61. The fourth-order valence-corrected chi connectivity index (χ4v) is 4.86. The number of hydrogen-bond donors (Lipinski definition) is 3. The number of hydrogen-bond acceptors (Lipinski definition) is 5. The van der Waals surface area contributed by atoms with Gasteiger partial charge in [-0.25, -0.2) is 23.1 Å². The Morgan fingerprint density at radius 1 is 1.00 bits per heavy atom. The van der Waals surface area contributed by atoms with Gasteiger partial charge in [0.15, 0.2) is 11.2 Å². The van der Waals surface area contributed by atoms with Crippen molar-refractivity contribution in [3.63, 3.8) is 0 Å². The number of piperidine rings is 1. The number of aromatic amines is 1. The van der Waals surface area contributed by atoms with Crippen LogP contribution in [0.2, 0.25) is 0 Å². The Labute approximate surface area is 203 Å². The molecule has 0 radical (unpaired) electrons. The van der Waals surface area contributed by atoms with Gasteiger partial charge in [0.25, 0.3) is 0 Å². The third-order valence-electron chi connectivity index (χ3n) is 6.61. The fraction of sp³-hybridized carbons (Fsp3) is 0.192. The van der Waals surface area contributed by atoms with Crippen LogP contribution in [0.15, 0.2) is 59.8 Å². The Balaban J connectivity index is 1.36. The Bertz CT molecular complexity index is 1670. The van der Waals surface area contributed by atoms with Crippen molar-refractivity contribution in [2.75, 3.05) is 18.4 Å². The molecule has 7 nitrogen and oxygen atoms in total. The van der Waals surface area contributed by atoms with Gasteiger partial charge >= 0.3 is 0 Å². The molecule has 36 heavy (non-hydrogen) atoms. The molecule has 3 aromatic heterocycles. The first-order valence-electron chi connectivity index (χ1n) is 11.6. The number of pyridine rings is 1. The van der Waals surface area contributed by atoms with Gasteiger partial charge in [0.2, 0.25) is 5.95 Å². The van der Waals surface area contributed by atoms with Gasteiger partial charge in [-0.05, 0) is 61.7 Å². The molecule has 6 rings (SSSR count). The standard InChI is InChI=1S/C26H21F3N6O/c27-18-11-16(1-2-17(18)14-3-5-30-6-4-14)33-26-32-13-20(29)25(34-26)15-9-19(28)24-21(10-15)35-8-7-31-23(35)12-22(24)36/h1-2,7-14,30-31H,3-6H2,(H,32,33,34). The molecular formula is C26H21F3N6O. The summed E-state index contributed by atoms with van der Waals surface area (Å²) in [6.45, 7) is 1.71. The Hall–Kier alpha value is -4.18. The summed E-state index contributed by atoms with van der Waals surface area (Å²) in [5.74, 6) is -1.69. The molecule has 0 aliphatic carbocycles. The van der Waals surface area contributed by atoms with Gasteiger partial charge in [0.1, 0.15) is 23.0 Å². The van der Waals surface area contributed by atoms with Crippen LogP contribution in [-0.2, 0) is 0 Å².